The number of fused-ring (bicyclic) bond motifs is 1. The summed E-state index contributed by atoms with van der Waals surface area (Å²) in [4.78, 5) is 9.76. The molecule has 0 aliphatic rings. The molecule has 0 aliphatic carbocycles. The van der Waals surface area contributed by atoms with E-state index in [1.165, 1.54) is 0 Å². The van der Waals surface area contributed by atoms with Gasteiger partial charge in [-0.25, -0.2) is 4.98 Å². The van der Waals surface area contributed by atoms with Crippen LogP contribution in [-0.2, 0) is 37.3 Å². The van der Waals surface area contributed by atoms with Gasteiger partial charge in [-0.2, -0.15) is 0 Å². The molecule has 8 aromatic rings. The smallest absolute Gasteiger partial charge is 0.148 e. The molecule has 0 bridgehead atoms. The average Bonchev–Trinajstić information content (AvgIpc) is 2.59. The topological polar surface area (TPSA) is 50.9 Å². The van der Waals surface area contributed by atoms with Crippen molar-refractivity contribution in [1.29, 1.82) is 0 Å². The first-order valence-electron chi connectivity index (χ1n) is 29.4. The Morgan fingerprint density at radius 1 is 0.688 bits per heavy atom. The van der Waals surface area contributed by atoms with E-state index >= 15 is 0 Å². The minimum Gasteiger partial charge on any atom is -0.507 e. The van der Waals surface area contributed by atoms with Crippen molar-refractivity contribution in [2.75, 3.05) is 0 Å². The molecule has 330 valence electrons. The fourth-order valence-electron chi connectivity index (χ4n) is 7.77. The number of benzene rings is 6. The van der Waals surface area contributed by atoms with Gasteiger partial charge in [-0.1, -0.05) is 166 Å². The molecule has 5 heteroatoms. The van der Waals surface area contributed by atoms with Crippen LogP contribution in [0.5, 0.6) is 5.75 Å². The number of nitrogens with zero attached hydrogens (tertiary/aromatic N) is 3. The van der Waals surface area contributed by atoms with Gasteiger partial charge in [0.1, 0.15) is 11.6 Å². The van der Waals surface area contributed by atoms with Crippen molar-refractivity contribution >= 4 is 11.0 Å². The van der Waals surface area contributed by atoms with Crippen LogP contribution in [0.3, 0.4) is 0 Å². The van der Waals surface area contributed by atoms with E-state index in [4.69, 9.17) is 26.9 Å². The maximum absolute atomic E-state index is 11.9. The van der Waals surface area contributed by atoms with Gasteiger partial charge < -0.3 is 5.11 Å². The molecule has 0 aliphatic heterocycles. The van der Waals surface area contributed by atoms with Crippen LogP contribution >= 0.6 is 0 Å². The van der Waals surface area contributed by atoms with E-state index in [9.17, 15) is 6.48 Å². The standard InChI is InChI=1S/C59H62N3O.Pt/c1-36(2)41-21-26-52(49(34-41)40-19-24-46(25-20-40)58(8,9)10)62-53-16-14-15-48(54(53)61-56(62)50-30-37(3)29-38(4)55(50)63)43-31-44(33-47(32-43)59(11,12)13)51-35-42(27-28-60-51)39-17-22-45(23-18-39)57(5,6)7;/h14-30,32-36,63H,1-13H3;/q-1;/i5D3,6D3,7D3,17D,18D,22D,23D,27D,28D,35D,36D;. The van der Waals surface area contributed by atoms with E-state index in [1.807, 2.05) is 108 Å². The summed E-state index contributed by atoms with van der Waals surface area (Å²) in [6.45, 7) is 7.91. The van der Waals surface area contributed by atoms with E-state index in [0.717, 1.165) is 27.8 Å². The first-order chi connectivity index (χ1) is 36.6. The molecule has 0 atom stereocenters. The third-order valence-electron chi connectivity index (χ3n) is 11.4. The minimum absolute atomic E-state index is 0. The summed E-state index contributed by atoms with van der Waals surface area (Å²) in [6, 6.07) is 24.2. The van der Waals surface area contributed by atoms with Crippen molar-refractivity contribution in [1.82, 2.24) is 14.5 Å². The van der Waals surface area contributed by atoms with Crippen LogP contribution < -0.4 is 0 Å². The number of hydrogen-bond donors (Lipinski definition) is 1. The third kappa shape index (κ3) is 9.18. The second-order valence-corrected chi connectivity index (χ2v) is 18.6. The number of imidazole rings is 1. The molecular formula is C59H62N3OPt-. The van der Waals surface area contributed by atoms with Crippen LogP contribution in [0.25, 0.3) is 72.7 Å². The Morgan fingerprint density at radius 2 is 1.38 bits per heavy atom. The van der Waals surface area contributed by atoms with Gasteiger partial charge in [0.2, 0.25) is 0 Å². The Hall–Kier alpha value is -5.57. The van der Waals surface area contributed by atoms with E-state index in [-0.39, 0.29) is 43.5 Å². The Kier molecular flexibility index (Phi) is 7.91. The van der Waals surface area contributed by atoms with Crippen molar-refractivity contribution in [2.24, 2.45) is 0 Å². The Balaban J connectivity index is 0.00000946. The quantitative estimate of drug-likeness (QED) is 0.162. The van der Waals surface area contributed by atoms with Gasteiger partial charge in [-0.3, -0.25) is 9.55 Å². The van der Waals surface area contributed by atoms with Crippen molar-refractivity contribution in [3.8, 4) is 67.5 Å². The fourth-order valence-corrected chi connectivity index (χ4v) is 7.77. The van der Waals surface area contributed by atoms with Crippen LogP contribution in [-0.4, -0.2) is 19.6 Å². The minimum atomic E-state index is -3.93. The maximum atomic E-state index is 11.9. The van der Waals surface area contributed by atoms with Crippen LogP contribution in [0.1, 0.15) is 139 Å². The van der Waals surface area contributed by atoms with Gasteiger partial charge >= 0.3 is 0 Å². The van der Waals surface area contributed by atoms with Crippen LogP contribution in [0.15, 0.2) is 127 Å². The summed E-state index contributed by atoms with van der Waals surface area (Å²) in [5.41, 5.74) is 1.40. The predicted octanol–water partition coefficient (Wildman–Crippen LogP) is 15.9. The third-order valence-corrected chi connectivity index (χ3v) is 11.4. The maximum Gasteiger partial charge on any atom is 0.148 e. The van der Waals surface area contributed by atoms with Crippen LogP contribution in [0.2, 0.25) is 0 Å². The van der Waals surface area contributed by atoms with Gasteiger partial charge in [0.25, 0.3) is 0 Å². The van der Waals surface area contributed by atoms with Crippen molar-refractivity contribution in [3.63, 3.8) is 0 Å². The predicted molar refractivity (Wildman–Crippen MR) is 266 cm³/mol. The Bertz CT molecular complexity index is 3740. The second kappa shape index (κ2) is 17.4. The first kappa shape index (κ1) is 29.1. The molecule has 2 aromatic heterocycles. The molecule has 64 heavy (non-hydrogen) atoms. The summed E-state index contributed by atoms with van der Waals surface area (Å²) in [5.74, 6) is -0.545. The molecule has 2 heterocycles. The van der Waals surface area contributed by atoms with Gasteiger partial charge in [-0.05, 0) is 111 Å². The molecule has 0 saturated carbocycles. The largest absolute Gasteiger partial charge is 0.507 e. The normalized spacial score (nSPS) is 16.8. The Morgan fingerprint density at radius 3 is 2.03 bits per heavy atom. The zero-order chi connectivity index (χ0) is 59.7. The number of aryl methyl sites for hydroxylation is 2. The SMILES string of the molecule is [2H]c1nc(-c2[c-]c(-c3cccc4c3nc(-c3cc(C)cc(C)c3O)n4-c3ccc(C([2H])(C)C)cc3-c3ccc(C(C)(C)C)cc3)cc(C(C)(C)C)c2)c([2H])c(-c2c([2H])c([2H])c(C(C([2H])([2H])[2H])(C([2H])([2H])[2H])C([2H])([2H])[2H])c([2H])c2[2H])c1[2H].[Pt]. The summed E-state index contributed by atoms with van der Waals surface area (Å²) >= 11 is 0. The Labute approximate surface area is 420 Å². The molecule has 0 fully saturated rings. The van der Waals surface area contributed by atoms with Gasteiger partial charge in [0, 0.05) is 52.2 Å². The molecule has 0 saturated heterocycles. The zero-order valence-electron chi connectivity index (χ0n) is 54.7. The molecule has 6 aromatic carbocycles. The van der Waals surface area contributed by atoms with Crippen LogP contribution in [0, 0.1) is 19.9 Å². The van der Waals surface area contributed by atoms with Gasteiger partial charge in [-0.15, -0.1) is 29.3 Å². The summed E-state index contributed by atoms with van der Waals surface area (Å²) < 4.78 is 149. The molecule has 4 nitrogen and oxygen atoms in total. The van der Waals surface area contributed by atoms with Crippen molar-refractivity contribution < 1.29 is 49.5 Å². The number of phenols is 1. The molecule has 1 N–H and O–H groups in total. The summed E-state index contributed by atoms with van der Waals surface area (Å²) in [5, 5.41) is 11.9. The molecule has 0 radical (unpaired) electrons. The number of aromatic nitrogens is 3. The molecule has 0 amide bonds. The number of rotatable bonds is 7. The molecular weight excluding hydrogens is 962 g/mol. The number of hydrogen-bond acceptors (Lipinski definition) is 3. The van der Waals surface area contributed by atoms with Crippen LogP contribution in [0.4, 0.5) is 0 Å². The molecule has 0 unspecified atom stereocenters. The average molecular weight is 1040 g/mol. The molecule has 0 spiro atoms. The zero-order valence-corrected chi connectivity index (χ0v) is 40.0. The summed E-state index contributed by atoms with van der Waals surface area (Å²) in [7, 11) is 0. The molecule has 8 rings (SSSR count). The van der Waals surface area contributed by atoms with E-state index in [2.05, 4.69) is 56.1 Å². The number of pyridine rings is 1. The monoisotopic (exact) mass is 1040 g/mol. The van der Waals surface area contributed by atoms with Gasteiger partial charge in [0.05, 0.1) is 31.9 Å². The van der Waals surface area contributed by atoms with E-state index in [1.54, 1.807) is 6.07 Å². The second-order valence-electron chi connectivity index (χ2n) is 18.6. The van der Waals surface area contributed by atoms with Gasteiger partial charge in [0.15, 0.2) is 0 Å². The van der Waals surface area contributed by atoms with E-state index < -0.39 is 96.4 Å². The van der Waals surface area contributed by atoms with E-state index in [0.29, 0.717) is 50.4 Å². The first-order valence-corrected chi connectivity index (χ1v) is 20.9. The van der Waals surface area contributed by atoms with Crippen molar-refractivity contribution in [2.45, 2.75) is 112 Å². The number of aromatic hydroxyl groups is 1. The number of para-hydroxylation sites is 1. The van der Waals surface area contributed by atoms with Crippen molar-refractivity contribution in [3.05, 3.63) is 167 Å². The fraction of sp³-hybridized carbons (Fsp3) is 0.288. The number of phenolic OH excluding ortho intramolecular Hbond substituents is 1. The summed E-state index contributed by atoms with van der Waals surface area (Å²) in [6.07, 6.45) is -0.757.